The number of rotatable bonds is 1. The van der Waals surface area contributed by atoms with Crippen molar-refractivity contribution in [3.05, 3.63) is 11.6 Å². The van der Waals surface area contributed by atoms with Gasteiger partial charge in [0.15, 0.2) is 0 Å². The van der Waals surface area contributed by atoms with E-state index in [1.165, 1.54) is 12.8 Å². The zero-order chi connectivity index (χ0) is 12.1. The van der Waals surface area contributed by atoms with Crippen LogP contribution in [0.2, 0.25) is 0 Å². The number of aliphatic hydroxyl groups is 1. The molecule has 0 aromatic heterocycles. The summed E-state index contributed by atoms with van der Waals surface area (Å²) in [6, 6.07) is 0. The van der Waals surface area contributed by atoms with E-state index in [4.69, 9.17) is 5.21 Å². The van der Waals surface area contributed by atoms with Crippen LogP contribution in [0.25, 0.3) is 0 Å². The second-order valence-electron chi connectivity index (χ2n) is 6.29. The summed E-state index contributed by atoms with van der Waals surface area (Å²) in [4.78, 5) is 0. The minimum absolute atomic E-state index is 0.131. The van der Waals surface area contributed by atoms with E-state index in [1.807, 2.05) is 0 Å². The van der Waals surface area contributed by atoms with Crippen LogP contribution >= 0.6 is 0 Å². The molecule has 3 rings (SSSR count). The molecule has 4 atom stereocenters. The number of nitrogens with zero attached hydrogens (tertiary/aromatic N) is 1. The second kappa shape index (κ2) is 3.58. The molecule has 1 unspecified atom stereocenters. The fourth-order valence-electron chi connectivity index (χ4n) is 4.41. The summed E-state index contributed by atoms with van der Waals surface area (Å²) in [7, 11) is 0. The van der Waals surface area contributed by atoms with Gasteiger partial charge in [0.25, 0.3) is 0 Å². The number of aliphatic hydroxyl groups excluding tert-OH is 1. The van der Waals surface area contributed by atoms with Crippen molar-refractivity contribution in [1.29, 1.82) is 0 Å². The summed E-state index contributed by atoms with van der Waals surface area (Å²) < 4.78 is 0. The highest BCUT2D eigenvalue weighted by molar-refractivity contribution is 5.68. The third-order valence-electron chi connectivity index (χ3n) is 5.71. The fraction of sp³-hybridized carbons (Fsp3) is 0.786. The molecule has 0 aromatic rings. The van der Waals surface area contributed by atoms with E-state index in [9.17, 15) is 5.11 Å². The average Bonchev–Trinajstić information content (AvgIpc) is 2.22. The van der Waals surface area contributed by atoms with Crippen LogP contribution in [0.15, 0.2) is 16.8 Å². The van der Waals surface area contributed by atoms with Crippen molar-refractivity contribution in [3.63, 3.8) is 0 Å². The number of hydrogen-bond donors (Lipinski definition) is 2. The molecule has 0 radical (unpaired) electrons. The lowest BCUT2D eigenvalue weighted by Gasteiger charge is -2.60. The van der Waals surface area contributed by atoms with Crippen molar-refractivity contribution in [2.24, 2.45) is 21.9 Å². The van der Waals surface area contributed by atoms with Crippen molar-refractivity contribution in [2.45, 2.75) is 51.6 Å². The highest BCUT2D eigenvalue weighted by atomic mass is 16.4. The maximum atomic E-state index is 9.96. The summed E-state index contributed by atoms with van der Waals surface area (Å²) in [5.74, 6) is 0.654. The van der Waals surface area contributed by atoms with E-state index in [0.717, 1.165) is 25.7 Å². The molecule has 0 heterocycles. The van der Waals surface area contributed by atoms with Crippen LogP contribution in [0, 0.1) is 16.7 Å². The Morgan fingerprint density at radius 1 is 1.47 bits per heavy atom. The Bertz CT molecular complexity index is 390. The van der Waals surface area contributed by atoms with Crippen molar-refractivity contribution >= 4 is 6.21 Å². The first-order valence-electron chi connectivity index (χ1n) is 6.67. The largest absolute Gasteiger partial charge is 0.411 e. The maximum absolute atomic E-state index is 9.96. The molecule has 0 aliphatic heterocycles. The lowest BCUT2D eigenvalue weighted by atomic mass is 9.44. The Morgan fingerprint density at radius 2 is 2.29 bits per heavy atom. The smallest absolute Gasteiger partial charge is 0.0549 e. The average molecular weight is 235 g/mol. The first kappa shape index (κ1) is 11.3. The summed E-state index contributed by atoms with van der Waals surface area (Å²) in [5, 5.41) is 22.3. The monoisotopic (exact) mass is 235 g/mol. The Kier molecular flexibility index (Phi) is 2.37. The van der Waals surface area contributed by atoms with Gasteiger partial charge in [0, 0.05) is 5.41 Å². The Labute approximate surface area is 102 Å². The molecule has 3 nitrogen and oxygen atoms in total. The number of hydrogen-bond acceptors (Lipinski definition) is 3. The molecule has 0 saturated heterocycles. The van der Waals surface area contributed by atoms with Crippen LogP contribution in [0.1, 0.15) is 45.4 Å². The summed E-state index contributed by atoms with van der Waals surface area (Å²) in [6.07, 6.45) is 9.91. The molecule has 3 aliphatic carbocycles. The Morgan fingerprint density at radius 3 is 2.94 bits per heavy atom. The normalized spacial score (nSPS) is 49.2. The lowest BCUT2D eigenvalue weighted by molar-refractivity contribution is -0.0612. The standard InChI is InChI=1S/C14H21NO2/c1-13-6-5-11(16)8-14(13,9-15-17)7-4-10-2-3-12(10)13/h4,9,11-12,16-17H,2-3,5-8H2,1H3/b15-9+/t11-,12?,13+,14-/m0/s1. The molecule has 2 saturated carbocycles. The van der Waals surface area contributed by atoms with Crippen molar-refractivity contribution in [3.8, 4) is 0 Å². The molecular weight excluding hydrogens is 214 g/mol. The van der Waals surface area contributed by atoms with E-state index in [2.05, 4.69) is 18.2 Å². The van der Waals surface area contributed by atoms with E-state index in [-0.39, 0.29) is 16.9 Å². The minimum Gasteiger partial charge on any atom is -0.411 e. The lowest BCUT2D eigenvalue weighted by Crippen LogP contribution is -2.55. The molecule has 3 heteroatoms. The van der Waals surface area contributed by atoms with Crippen LogP contribution in [0.3, 0.4) is 0 Å². The van der Waals surface area contributed by atoms with Gasteiger partial charge in [0.1, 0.15) is 0 Å². The minimum atomic E-state index is -0.240. The molecule has 94 valence electrons. The van der Waals surface area contributed by atoms with Crippen molar-refractivity contribution < 1.29 is 10.3 Å². The maximum Gasteiger partial charge on any atom is 0.0549 e. The van der Waals surface area contributed by atoms with Crippen LogP contribution < -0.4 is 0 Å². The molecule has 2 fully saturated rings. The highest BCUT2D eigenvalue weighted by Crippen LogP contribution is 2.64. The SMILES string of the molecule is C[C@]12CC[C@H](O)C[C@]1(/C=N/O)CC=C1CCC12. The fourth-order valence-corrected chi connectivity index (χ4v) is 4.41. The summed E-state index contributed by atoms with van der Waals surface area (Å²) >= 11 is 0. The molecular formula is C14H21NO2. The zero-order valence-corrected chi connectivity index (χ0v) is 10.4. The molecule has 2 N–H and O–H groups in total. The van der Waals surface area contributed by atoms with E-state index < -0.39 is 0 Å². The number of fused-ring (bicyclic) bond motifs is 3. The highest BCUT2D eigenvalue weighted by Gasteiger charge is 2.58. The van der Waals surface area contributed by atoms with E-state index in [0.29, 0.717) is 5.92 Å². The van der Waals surface area contributed by atoms with Gasteiger partial charge in [0.05, 0.1) is 12.3 Å². The van der Waals surface area contributed by atoms with E-state index >= 15 is 0 Å². The van der Waals surface area contributed by atoms with Crippen LogP contribution in [0.4, 0.5) is 0 Å². The van der Waals surface area contributed by atoms with Crippen molar-refractivity contribution in [2.75, 3.05) is 0 Å². The van der Waals surface area contributed by atoms with Gasteiger partial charge in [-0.1, -0.05) is 18.6 Å². The Hall–Kier alpha value is -0.830. The van der Waals surface area contributed by atoms with Gasteiger partial charge >= 0.3 is 0 Å². The molecule has 0 aromatic carbocycles. The van der Waals surface area contributed by atoms with Crippen LogP contribution in [-0.2, 0) is 0 Å². The van der Waals surface area contributed by atoms with Crippen LogP contribution in [0.5, 0.6) is 0 Å². The van der Waals surface area contributed by atoms with Crippen LogP contribution in [-0.4, -0.2) is 22.6 Å². The third-order valence-corrected chi connectivity index (χ3v) is 5.71. The predicted octanol–water partition coefficient (Wildman–Crippen LogP) is 2.72. The summed E-state index contributed by atoms with van der Waals surface area (Å²) in [6.45, 7) is 2.33. The molecule has 0 spiro atoms. The van der Waals surface area contributed by atoms with Gasteiger partial charge < -0.3 is 10.3 Å². The molecule has 0 amide bonds. The van der Waals surface area contributed by atoms with Gasteiger partial charge in [0.2, 0.25) is 0 Å². The zero-order valence-electron chi connectivity index (χ0n) is 10.4. The van der Waals surface area contributed by atoms with Crippen molar-refractivity contribution in [1.82, 2.24) is 0 Å². The van der Waals surface area contributed by atoms with Gasteiger partial charge in [-0.15, -0.1) is 5.16 Å². The third kappa shape index (κ3) is 1.35. The van der Waals surface area contributed by atoms with Gasteiger partial charge in [-0.25, -0.2) is 0 Å². The summed E-state index contributed by atoms with van der Waals surface area (Å²) in [5.41, 5.74) is 1.65. The van der Waals surface area contributed by atoms with Gasteiger partial charge in [-0.05, 0) is 49.9 Å². The molecule has 3 aliphatic rings. The Balaban J connectivity index is 2.04. The van der Waals surface area contributed by atoms with Gasteiger partial charge in [-0.3, -0.25) is 0 Å². The topological polar surface area (TPSA) is 52.8 Å². The van der Waals surface area contributed by atoms with E-state index in [1.54, 1.807) is 11.8 Å². The molecule has 17 heavy (non-hydrogen) atoms. The quantitative estimate of drug-likeness (QED) is 0.318. The predicted molar refractivity (Wildman–Crippen MR) is 66.1 cm³/mol. The second-order valence-corrected chi connectivity index (χ2v) is 6.29. The first-order chi connectivity index (χ1) is 8.11. The molecule has 0 bridgehead atoms. The van der Waals surface area contributed by atoms with Gasteiger partial charge in [-0.2, -0.15) is 0 Å². The number of oxime groups is 1. The number of allylic oxidation sites excluding steroid dienone is 2. The first-order valence-corrected chi connectivity index (χ1v) is 6.67.